The van der Waals surface area contributed by atoms with Crippen molar-refractivity contribution in [3.05, 3.63) is 95.5 Å². The fraction of sp³-hybridized carbons (Fsp3) is 0.233. The van der Waals surface area contributed by atoms with Crippen LogP contribution in [-0.4, -0.2) is 24.5 Å². The lowest BCUT2D eigenvalue weighted by Crippen LogP contribution is -2.06. The van der Waals surface area contributed by atoms with Gasteiger partial charge in [-0.25, -0.2) is 4.85 Å². The molecule has 0 aliphatic rings. The van der Waals surface area contributed by atoms with Crippen molar-refractivity contribution in [2.75, 3.05) is 13.7 Å². The first-order valence-corrected chi connectivity index (χ1v) is 11.9. The highest BCUT2D eigenvalue weighted by Crippen LogP contribution is 2.37. The van der Waals surface area contributed by atoms with Crippen molar-refractivity contribution in [2.24, 2.45) is 0 Å². The zero-order chi connectivity index (χ0) is 25.3. The Morgan fingerprint density at radius 2 is 1.58 bits per heavy atom. The quantitative estimate of drug-likeness (QED) is 0.169. The van der Waals surface area contributed by atoms with Gasteiger partial charge in [-0.1, -0.05) is 37.6 Å². The maximum atomic E-state index is 12.5. The molecule has 0 saturated carbocycles. The zero-order valence-corrected chi connectivity index (χ0v) is 20.5. The van der Waals surface area contributed by atoms with Gasteiger partial charge in [-0.15, -0.1) is 0 Å². The molecule has 4 rings (SSSR count). The van der Waals surface area contributed by atoms with E-state index in [-0.39, 0.29) is 5.78 Å². The van der Waals surface area contributed by atoms with E-state index in [4.69, 9.17) is 20.8 Å². The Bertz CT molecular complexity index is 1370. The molecule has 0 unspecified atom stereocenters. The van der Waals surface area contributed by atoms with Gasteiger partial charge in [0.25, 0.3) is 0 Å². The number of hydrogen-bond acceptors (Lipinski definition) is 5. The maximum Gasteiger partial charge on any atom is 0.229 e. The summed E-state index contributed by atoms with van der Waals surface area (Å²) in [4.78, 5) is 20.6. The molecule has 0 spiro atoms. The van der Waals surface area contributed by atoms with Crippen LogP contribution in [0.5, 0.6) is 23.0 Å². The maximum absolute atomic E-state index is 12.5. The number of carbonyl (C=O) groups is 1. The lowest BCUT2D eigenvalue weighted by atomic mass is 10.0. The number of Topliss-reactive ketones (excluding diaryl/α,β-unsaturated/α-hetero) is 1. The minimum atomic E-state index is 0.137. The van der Waals surface area contributed by atoms with Crippen LogP contribution in [0.3, 0.4) is 0 Å². The highest BCUT2D eigenvalue weighted by atomic mass is 16.5. The van der Waals surface area contributed by atoms with Crippen molar-refractivity contribution in [3.63, 3.8) is 0 Å². The predicted octanol–water partition coefficient (Wildman–Crippen LogP) is 7.12. The average Bonchev–Trinajstić information content (AvgIpc) is 2.90. The van der Waals surface area contributed by atoms with Crippen LogP contribution in [-0.2, 0) is 17.6 Å². The smallest absolute Gasteiger partial charge is 0.229 e. The minimum absolute atomic E-state index is 0.137. The SMILES string of the molecule is [C-]#[N+]c1cc2c(Oc3ccc(CC(=O)Cc4ccc(OC)cc4)cc3)ccnc2cc1OCCCC. The second kappa shape index (κ2) is 11.9. The summed E-state index contributed by atoms with van der Waals surface area (Å²) in [6.07, 6.45) is 4.34. The number of pyridine rings is 1. The average molecular weight is 481 g/mol. The number of ether oxygens (including phenoxy) is 3. The molecular weight excluding hydrogens is 452 g/mol. The first kappa shape index (κ1) is 24.7. The van der Waals surface area contributed by atoms with E-state index in [2.05, 4.69) is 16.8 Å². The van der Waals surface area contributed by atoms with E-state index < -0.39 is 0 Å². The van der Waals surface area contributed by atoms with Gasteiger partial charge in [0.1, 0.15) is 28.8 Å². The number of methoxy groups -OCH3 is 1. The highest BCUT2D eigenvalue weighted by Gasteiger charge is 2.12. The fourth-order valence-corrected chi connectivity index (χ4v) is 3.82. The zero-order valence-electron chi connectivity index (χ0n) is 20.5. The number of carbonyl (C=O) groups excluding carboxylic acids is 1. The summed E-state index contributed by atoms with van der Waals surface area (Å²) in [6, 6.07) is 20.4. The summed E-state index contributed by atoms with van der Waals surface area (Å²) in [5.74, 6) is 2.70. The van der Waals surface area contributed by atoms with Gasteiger partial charge in [0, 0.05) is 24.4 Å². The highest BCUT2D eigenvalue weighted by molar-refractivity contribution is 5.91. The monoisotopic (exact) mass is 480 g/mol. The lowest BCUT2D eigenvalue weighted by Gasteiger charge is -2.12. The molecule has 0 amide bonds. The second-order valence-corrected chi connectivity index (χ2v) is 8.45. The molecule has 6 nitrogen and oxygen atoms in total. The molecule has 1 aromatic heterocycles. The van der Waals surface area contributed by atoms with Gasteiger partial charge in [-0.2, -0.15) is 0 Å². The molecule has 0 atom stereocenters. The Hall–Kier alpha value is -4.37. The van der Waals surface area contributed by atoms with Crippen LogP contribution >= 0.6 is 0 Å². The number of aromatic nitrogens is 1. The Balaban J connectivity index is 1.44. The second-order valence-electron chi connectivity index (χ2n) is 8.45. The number of benzene rings is 3. The molecule has 3 aromatic carbocycles. The van der Waals surface area contributed by atoms with E-state index in [1.165, 1.54) is 0 Å². The van der Waals surface area contributed by atoms with Gasteiger partial charge in [-0.05, 0) is 60.0 Å². The van der Waals surface area contributed by atoms with Gasteiger partial charge in [-0.3, -0.25) is 9.78 Å². The van der Waals surface area contributed by atoms with Crippen LogP contribution in [0.2, 0.25) is 0 Å². The standard InChI is InChI=1S/C30H28N2O4/c1-4-5-16-35-30-20-27-26(19-28(30)31-2)29(14-15-32-27)36-25-12-8-22(9-13-25)18-23(33)17-21-6-10-24(34-3)11-7-21/h6-15,19-20H,4-5,16-18H2,1,3H3. The number of hydrogen-bond donors (Lipinski definition) is 0. The van der Waals surface area contributed by atoms with Crippen molar-refractivity contribution in [2.45, 2.75) is 32.6 Å². The number of rotatable bonds is 11. The fourth-order valence-electron chi connectivity index (χ4n) is 3.82. The molecule has 1 heterocycles. The third kappa shape index (κ3) is 6.19. The van der Waals surface area contributed by atoms with Gasteiger partial charge in [0.05, 0.1) is 25.8 Å². The Morgan fingerprint density at radius 1 is 0.917 bits per heavy atom. The summed E-state index contributed by atoms with van der Waals surface area (Å²) >= 11 is 0. The van der Waals surface area contributed by atoms with Crippen molar-refractivity contribution in [3.8, 4) is 23.0 Å². The van der Waals surface area contributed by atoms with Crippen LogP contribution in [0.1, 0.15) is 30.9 Å². The number of unbranched alkanes of at least 4 members (excludes halogenated alkanes) is 1. The number of nitrogens with zero attached hydrogens (tertiary/aromatic N) is 2. The number of fused-ring (bicyclic) bond motifs is 1. The first-order chi connectivity index (χ1) is 17.6. The van der Waals surface area contributed by atoms with E-state index in [9.17, 15) is 4.79 Å². The van der Waals surface area contributed by atoms with Crippen LogP contribution in [0.4, 0.5) is 5.69 Å². The van der Waals surface area contributed by atoms with E-state index in [0.717, 1.165) is 35.1 Å². The van der Waals surface area contributed by atoms with Crippen LogP contribution in [0, 0.1) is 6.57 Å². The van der Waals surface area contributed by atoms with Crippen molar-refractivity contribution in [1.29, 1.82) is 0 Å². The molecule has 0 saturated heterocycles. The van der Waals surface area contributed by atoms with Gasteiger partial charge in [0.15, 0.2) is 0 Å². The van der Waals surface area contributed by atoms with Gasteiger partial charge in [0.2, 0.25) is 5.69 Å². The largest absolute Gasteiger partial charge is 0.505 e. The Morgan fingerprint density at radius 3 is 2.19 bits per heavy atom. The van der Waals surface area contributed by atoms with Crippen LogP contribution < -0.4 is 14.2 Å². The first-order valence-electron chi connectivity index (χ1n) is 11.9. The summed E-state index contributed by atoms with van der Waals surface area (Å²) < 4.78 is 17.1. The molecule has 6 heteroatoms. The normalized spacial score (nSPS) is 10.6. The van der Waals surface area contributed by atoms with Gasteiger partial charge < -0.3 is 14.2 Å². The molecule has 0 bridgehead atoms. The van der Waals surface area contributed by atoms with Gasteiger partial charge >= 0.3 is 0 Å². The van der Waals surface area contributed by atoms with E-state index >= 15 is 0 Å². The van der Waals surface area contributed by atoms with Crippen molar-refractivity contribution < 1.29 is 19.0 Å². The van der Waals surface area contributed by atoms with E-state index in [1.807, 2.05) is 48.5 Å². The molecule has 0 aliphatic heterocycles. The summed E-state index contributed by atoms with van der Waals surface area (Å²) in [5.41, 5.74) is 3.02. The molecule has 4 aromatic rings. The topological polar surface area (TPSA) is 62.0 Å². The van der Waals surface area contributed by atoms with Crippen molar-refractivity contribution >= 4 is 22.4 Å². The van der Waals surface area contributed by atoms with Crippen LogP contribution in [0.25, 0.3) is 15.7 Å². The molecule has 36 heavy (non-hydrogen) atoms. The summed E-state index contributed by atoms with van der Waals surface area (Å²) in [7, 11) is 1.62. The van der Waals surface area contributed by atoms with E-state index in [0.29, 0.717) is 47.9 Å². The lowest BCUT2D eigenvalue weighted by molar-refractivity contribution is -0.117. The van der Waals surface area contributed by atoms with E-state index in [1.54, 1.807) is 31.5 Å². The number of ketones is 1. The molecule has 182 valence electrons. The minimum Gasteiger partial charge on any atom is -0.505 e. The van der Waals surface area contributed by atoms with Crippen LogP contribution in [0.15, 0.2) is 72.9 Å². The van der Waals surface area contributed by atoms with Crippen molar-refractivity contribution in [1.82, 2.24) is 4.98 Å². The summed E-state index contributed by atoms with van der Waals surface area (Å²) in [5, 5.41) is 0.741. The Labute approximate surface area is 211 Å². The third-order valence-electron chi connectivity index (χ3n) is 5.77. The predicted molar refractivity (Wildman–Crippen MR) is 140 cm³/mol. The molecular formula is C30H28N2O4. The Kier molecular flexibility index (Phi) is 8.15. The summed E-state index contributed by atoms with van der Waals surface area (Å²) in [6.45, 7) is 10.2. The molecule has 0 N–H and O–H groups in total. The molecule has 0 fully saturated rings. The third-order valence-corrected chi connectivity index (χ3v) is 5.77. The molecule has 0 aliphatic carbocycles. The molecule has 0 radical (unpaired) electrons.